The largest absolute Gasteiger partial charge is 0.480 e. The van der Waals surface area contributed by atoms with Gasteiger partial charge in [0.15, 0.2) is 0 Å². The van der Waals surface area contributed by atoms with Gasteiger partial charge in [-0.05, 0) is 18.6 Å². The number of carboxylic acid groups (broad SMARTS) is 1. The van der Waals surface area contributed by atoms with Gasteiger partial charge in [-0.15, -0.1) is 0 Å². The zero-order chi connectivity index (χ0) is 17.9. The summed E-state index contributed by atoms with van der Waals surface area (Å²) in [5.41, 5.74) is 1.55. The molecule has 2 N–H and O–H groups in total. The van der Waals surface area contributed by atoms with Crippen LogP contribution >= 0.6 is 0 Å². The molecule has 2 rings (SSSR count). The Bertz CT molecular complexity index is 753. The smallest absolute Gasteiger partial charge is 0.391 e. The molecule has 1 heterocycles. The lowest BCUT2D eigenvalue weighted by molar-refractivity contribution is -0.159. The van der Waals surface area contributed by atoms with E-state index in [9.17, 15) is 22.8 Å². The second kappa shape index (κ2) is 6.94. The molecule has 1 aromatic carbocycles. The normalized spacial score (nSPS) is 13.0. The number of carbonyl (C=O) groups excluding carboxylic acids is 1. The van der Waals surface area contributed by atoms with Gasteiger partial charge in [0.25, 0.3) is 0 Å². The Labute approximate surface area is 136 Å². The molecule has 2 aromatic rings. The number of alkyl halides is 3. The van der Waals surface area contributed by atoms with Gasteiger partial charge in [0, 0.05) is 23.6 Å². The van der Waals surface area contributed by atoms with E-state index in [-0.39, 0.29) is 6.42 Å². The number of nitrogens with zero attached hydrogens (tertiary/aromatic N) is 1. The molecule has 1 aromatic heterocycles. The van der Waals surface area contributed by atoms with Gasteiger partial charge in [0.1, 0.15) is 6.04 Å². The van der Waals surface area contributed by atoms with Crippen LogP contribution in [0.5, 0.6) is 0 Å². The quantitative estimate of drug-likeness (QED) is 0.848. The molecule has 1 unspecified atom stereocenters. The highest BCUT2D eigenvalue weighted by Crippen LogP contribution is 2.23. The van der Waals surface area contributed by atoms with Crippen LogP contribution in [0, 0.1) is 0 Å². The first-order valence-corrected chi connectivity index (χ1v) is 7.37. The van der Waals surface area contributed by atoms with E-state index in [2.05, 4.69) is 0 Å². The van der Waals surface area contributed by atoms with Crippen LogP contribution in [-0.2, 0) is 22.6 Å². The number of fused-ring (bicyclic) bond motifs is 1. The number of amides is 1. The van der Waals surface area contributed by atoms with E-state index in [0.717, 1.165) is 10.9 Å². The molecule has 0 fully saturated rings. The molecule has 0 aliphatic rings. The first-order chi connectivity index (χ1) is 11.2. The van der Waals surface area contributed by atoms with E-state index in [1.807, 2.05) is 35.0 Å². The van der Waals surface area contributed by atoms with E-state index in [1.54, 1.807) is 12.3 Å². The number of halogens is 3. The van der Waals surface area contributed by atoms with Crippen molar-refractivity contribution in [3.05, 3.63) is 36.0 Å². The number of aromatic nitrogens is 1. The third-order valence-corrected chi connectivity index (χ3v) is 3.63. The van der Waals surface area contributed by atoms with E-state index in [0.29, 0.717) is 12.1 Å². The number of aryl methyl sites for hydroxylation is 1. The second-order valence-electron chi connectivity index (χ2n) is 5.41. The van der Waals surface area contributed by atoms with Crippen molar-refractivity contribution < 1.29 is 27.9 Å². The van der Waals surface area contributed by atoms with Crippen molar-refractivity contribution in [3.63, 3.8) is 0 Å². The minimum atomic E-state index is -4.67. The van der Waals surface area contributed by atoms with Crippen LogP contribution in [0.15, 0.2) is 30.5 Å². The molecule has 1 atom stereocenters. The minimum Gasteiger partial charge on any atom is -0.480 e. The number of carbonyl (C=O) groups is 2. The van der Waals surface area contributed by atoms with Gasteiger partial charge in [0.05, 0.1) is 12.8 Å². The van der Waals surface area contributed by atoms with Crippen molar-refractivity contribution in [1.29, 1.82) is 0 Å². The molecular weight excluding hydrogens is 325 g/mol. The van der Waals surface area contributed by atoms with Crippen LogP contribution in [0.2, 0.25) is 0 Å². The maximum absolute atomic E-state index is 12.4. The molecule has 0 saturated carbocycles. The Balaban J connectivity index is 2.16. The molecule has 0 aliphatic heterocycles. The van der Waals surface area contributed by atoms with E-state index < -0.39 is 30.5 Å². The van der Waals surface area contributed by atoms with Gasteiger partial charge in [0.2, 0.25) is 5.91 Å². The number of nitrogens with one attached hydrogen (secondary N) is 1. The van der Waals surface area contributed by atoms with Crippen molar-refractivity contribution >= 4 is 22.8 Å². The minimum absolute atomic E-state index is 0.185. The number of hydrogen-bond acceptors (Lipinski definition) is 2. The highest BCUT2D eigenvalue weighted by atomic mass is 19.4. The zero-order valence-corrected chi connectivity index (χ0v) is 12.9. The first kappa shape index (κ1) is 17.8. The van der Waals surface area contributed by atoms with Crippen LogP contribution in [0.1, 0.15) is 18.9 Å². The van der Waals surface area contributed by atoms with Crippen LogP contribution < -0.4 is 5.32 Å². The Hall–Kier alpha value is -2.51. The molecule has 0 bridgehead atoms. The van der Waals surface area contributed by atoms with Crippen LogP contribution in [-0.4, -0.2) is 33.8 Å². The predicted molar refractivity (Wildman–Crippen MR) is 81.6 cm³/mol. The number of benzene rings is 1. The average molecular weight is 342 g/mol. The Kier molecular flexibility index (Phi) is 5.16. The molecule has 5 nitrogen and oxygen atoms in total. The van der Waals surface area contributed by atoms with Gasteiger partial charge in [-0.2, -0.15) is 13.2 Å². The fourth-order valence-corrected chi connectivity index (χ4v) is 2.58. The number of rotatable bonds is 6. The summed E-state index contributed by atoms with van der Waals surface area (Å²) in [6.07, 6.45) is -4.71. The third-order valence-electron chi connectivity index (χ3n) is 3.63. The highest BCUT2D eigenvalue weighted by Gasteiger charge is 2.36. The van der Waals surface area contributed by atoms with E-state index in [1.165, 1.54) is 0 Å². The topological polar surface area (TPSA) is 71.3 Å². The predicted octanol–water partition coefficient (Wildman–Crippen LogP) is 2.73. The van der Waals surface area contributed by atoms with Crippen LogP contribution in [0.3, 0.4) is 0 Å². The lowest BCUT2D eigenvalue weighted by Crippen LogP contribution is -2.44. The molecule has 0 aliphatic carbocycles. The molecule has 0 saturated heterocycles. The third kappa shape index (κ3) is 4.27. The SMILES string of the molecule is CCn1cc(CC(=O)NC(CC(F)(F)F)C(=O)O)c2ccccc21. The molecule has 24 heavy (non-hydrogen) atoms. The summed E-state index contributed by atoms with van der Waals surface area (Å²) in [6, 6.07) is 5.35. The second-order valence-corrected chi connectivity index (χ2v) is 5.41. The number of para-hydroxylation sites is 1. The van der Waals surface area contributed by atoms with Crippen LogP contribution in [0.25, 0.3) is 10.9 Å². The lowest BCUT2D eigenvalue weighted by Gasteiger charge is -2.16. The van der Waals surface area contributed by atoms with Gasteiger partial charge in [-0.3, -0.25) is 4.79 Å². The van der Waals surface area contributed by atoms with Gasteiger partial charge in [-0.25, -0.2) is 4.79 Å². The molecule has 130 valence electrons. The summed E-state index contributed by atoms with van der Waals surface area (Å²) >= 11 is 0. The summed E-state index contributed by atoms with van der Waals surface area (Å²) in [5.74, 6) is -2.47. The van der Waals surface area contributed by atoms with Crippen molar-refractivity contribution in [1.82, 2.24) is 9.88 Å². The zero-order valence-electron chi connectivity index (χ0n) is 12.9. The van der Waals surface area contributed by atoms with Crippen molar-refractivity contribution in [2.24, 2.45) is 0 Å². The number of carboxylic acids is 1. The highest BCUT2D eigenvalue weighted by molar-refractivity contribution is 5.91. The first-order valence-electron chi connectivity index (χ1n) is 7.37. The molecule has 0 radical (unpaired) electrons. The monoisotopic (exact) mass is 342 g/mol. The van der Waals surface area contributed by atoms with Crippen molar-refractivity contribution in [3.8, 4) is 0 Å². The van der Waals surface area contributed by atoms with E-state index >= 15 is 0 Å². The summed E-state index contributed by atoms with van der Waals surface area (Å²) in [5, 5.41) is 11.6. The average Bonchev–Trinajstić information content (AvgIpc) is 2.83. The molecule has 8 heteroatoms. The van der Waals surface area contributed by atoms with Gasteiger partial charge < -0.3 is 15.0 Å². The van der Waals surface area contributed by atoms with Gasteiger partial charge >= 0.3 is 12.1 Å². The Morgan fingerprint density at radius 3 is 2.54 bits per heavy atom. The van der Waals surface area contributed by atoms with Gasteiger partial charge in [-0.1, -0.05) is 18.2 Å². The summed E-state index contributed by atoms with van der Waals surface area (Å²) < 4.78 is 39.1. The summed E-state index contributed by atoms with van der Waals surface area (Å²) in [4.78, 5) is 22.9. The van der Waals surface area contributed by atoms with Crippen molar-refractivity contribution in [2.45, 2.75) is 38.5 Å². The fourth-order valence-electron chi connectivity index (χ4n) is 2.58. The molecule has 0 spiro atoms. The van der Waals surface area contributed by atoms with Crippen LogP contribution in [0.4, 0.5) is 13.2 Å². The number of hydrogen-bond donors (Lipinski definition) is 2. The molecular formula is C16H17F3N2O3. The lowest BCUT2D eigenvalue weighted by atomic mass is 10.1. The van der Waals surface area contributed by atoms with Crippen molar-refractivity contribution in [2.75, 3.05) is 0 Å². The summed E-state index contributed by atoms with van der Waals surface area (Å²) in [6.45, 7) is 2.61. The Morgan fingerprint density at radius 1 is 1.29 bits per heavy atom. The Morgan fingerprint density at radius 2 is 1.96 bits per heavy atom. The maximum Gasteiger partial charge on any atom is 0.391 e. The molecule has 1 amide bonds. The standard InChI is InChI=1S/C16H17F3N2O3/c1-2-21-9-10(11-5-3-4-6-13(11)21)7-14(22)20-12(15(23)24)8-16(17,18)19/h3-6,9,12H,2,7-8H2,1H3,(H,20,22)(H,23,24). The maximum atomic E-state index is 12.4. The summed E-state index contributed by atoms with van der Waals surface area (Å²) in [7, 11) is 0. The van der Waals surface area contributed by atoms with E-state index in [4.69, 9.17) is 5.11 Å². The fraction of sp³-hybridized carbons (Fsp3) is 0.375. The number of aliphatic carboxylic acids is 1.